The lowest BCUT2D eigenvalue weighted by Crippen LogP contribution is -2.32. The lowest BCUT2D eigenvalue weighted by Gasteiger charge is -2.17. The fourth-order valence-electron chi connectivity index (χ4n) is 1.52. The molecule has 1 amide bonds. The summed E-state index contributed by atoms with van der Waals surface area (Å²) >= 11 is 0. The molecular weight excluding hydrogens is 226 g/mol. The summed E-state index contributed by atoms with van der Waals surface area (Å²) in [5, 5.41) is 8.88. The number of benzene rings is 1. The largest absolute Gasteiger partial charge is 0.395 e. The van der Waals surface area contributed by atoms with Gasteiger partial charge in [0.25, 0.3) is 0 Å². The van der Waals surface area contributed by atoms with Crippen LogP contribution in [-0.2, 0) is 4.79 Å². The van der Waals surface area contributed by atoms with Crippen molar-refractivity contribution in [3.05, 3.63) is 54.1 Å². The molecule has 1 N–H and O–H groups in total. The highest BCUT2D eigenvalue weighted by molar-refractivity contribution is 5.91. The van der Waals surface area contributed by atoms with Gasteiger partial charge in [-0.2, -0.15) is 0 Å². The van der Waals surface area contributed by atoms with Crippen LogP contribution in [0, 0.1) is 6.92 Å². The fraction of sp³-hybridized carbons (Fsp3) is 0.267. The third-order valence-corrected chi connectivity index (χ3v) is 2.53. The van der Waals surface area contributed by atoms with Crippen LogP contribution in [0.2, 0.25) is 0 Å². The van der Waals surface area contributed by atoms with Crippen molar-refractivity contribution in [2.75, 3.05) is 19.7 Å². The van der Waals surface area contributed by atoms with E-state index in [1.165, 1.54) is 16.5 Å². The van der Waals surface area contributed by atoms with Crippen LogP contribution in [0.3, 0.4) is 0 Å². The van der Waals surface area contributed by atoms with Crippen molar-refractivity contribution in [1.29, 1.82) is 0 Å². The van der Waals surface area contributed by atoms with Gasteiger partial charge < -0.3 is 10.0 Å². The zero-order valence-electron chi connectivity index (χ0n) is 10.7. The first kappa shape index (κ1) is 14.2. The Hall–Kier alpha value is -1.87. The van der Waals surface area contributed by atoms with Crippen LogP contribution >= 0.6 is 0 Å². The minimum atomic E-state index is -0.121. The molecule has 96 valence electrons. The highest BCUT2D eigenvalue weighted by Crippen LogP contribution is 2.05. The van der Waals surface area contributed by atoms with Crippen molar-refractivity contribution in [2.24, 2.45) is 0 Å². The van der Waals surface area contributed by atoms with Crippen LogP contribution in [0.1, 0.15) is 11.1 Å². The van der Waals surface area contributed by atoms with Crippen molar-refractivity contribution in [3.8, 4) is 0 Å². The third kappa shape index (κ3) is 4.55. The maximum Gasteiger partial charge on any atom is 0.246 e. The van der Waals surface area contributed by atoms with Gasteiger partial charge in [0, 0.05) is 19.2 Å². The Morgan fingerprint density at radius 2 is 2.06 bits per heavy atom. The number of aryl methyl sites for hydroxylation is 1. The number of nitrogens with zero attached hydrogens (tertiary/aromatic N) is 1. The molecule has 0 unspecified atom stereocenters. The van der Waals surface area contributed by atoms with E-state index in [1.54, 1.807) is 12.2 Å². The molecule has 0 saturated heterocycles. The number of rotatable bonds is 6. The summed E-state index contributed by atoms with van der Waals surface area (Å²) in [4.78, 5) is 13.4. The van der Waals surface area contributed by atoms with E-state index in [0.717, 1.165) is 5.56 Å². The van der Waals surface area contributed by atoms with Gasteiger partial charge in [0.2, 0.25) is 5.91 Å². The number of aliphatic hydroxyl groups is 1. The maximum atomic E-state index is 11.8. The van der Waals surface area contributed by atoms with Gasteiger partial charge in [-0.3, -0.25) is 4.79 Å². The second-order valence-corrected chi connectivity index (χ2v) is 4.04. The molecule has 0 aromatic heterocycles. The summed E-state index contributed by atoms with van der Waals surface area (Å²) in [6.07, 6.45) is 4.94. The van der Waals surface area contributed by atoms with Gasteiger partial charge in [0.1, 0.15) is 0 Å². The molecule has 1 aromatic carbocycles. The average molecular weight is 245 g/mol. The molecule has 0 bridgehead atoms. The summed E-state index contributed by atoms with van der Waals surface area (Å²) in [6, 6.07) is 7.92. The van der Waals surface area contributed by atoms with E-state index >= 15 is 0 Å². The summed E-state index contributed by atoms with van der Waals surface area (Å²) in [5.74, 6) is -0.121. The first-order valence-corrected chi connectivity index (χ1v) is 5.92. The van der Waals surface area contributed by atoms with Gasteiger partial charge in [-0.15, -0.1) is 6.58 Å². The van der Waals surface area contributed by atoms with Crippen molar-refractivity contribution in [1.82, 2.24) is 4.90 Å². The van der Waals surface area contributed by atoms with E-state index in [0.29, 0.717) is 13.1 Å². The maximum absolute atomic E-state index is 11.8. The molecule has 0 radical (unpaired) electrons. The summed E-state index contributed by atoms with van der Waals surface area (Å²) < 4.78 is 0. The van der Waals surface area contributed by atoms with Crippen LogP contribution in [0.15, 0.2) is 43.0 Å². The monoisotopic (exact) mass is 245 g/mol. The molecule has 0 heterocycles. The molecule has 18 heavy (non-hydrogen) atoms. The second-order valence-electron chi connectivity index (χ2n) is 4.04. The molecule has 1 rings (SSSR count). The van der Waals surface area contributed by atoms with Crippen LogP contribution < -0.4 is 0 Å². The second kappa shape index (κ2) is 7.45. The van der Waals surface area contributed by atoms with Gasteiger partial charge >= 0.3 is 0 Å². The third-order valence-electron chi connectivity index (χ3n) is 2.53. The Labute approximate surface area is 108 Å². The van der Waals surface area contributed by atoms with E-state index < -0.39 is 0 Å². The molecule has 1 aromatic rings. The zero-order chi connectivity index (χ0) is 13.4. The average Bonchev–Trinajstić information content (AvgIpc) is 2.37. The molecule has 0 fully saturated rings. The zero-order valence-corrected chi connectivity index (χ0v) is 10.7. The SMILES string of the molecule is C=CCN(CCO)C(=O)/C=C/c1ccc(C)cc1. The molecular formula is C15H19NO2. The minimum absolute atomic E-state index is 0.0437. The number of carbonyl (C=O) groups is 1. The van der Waals surface area contributed by atoms with Gasteiger partial charge in [-0.25, -0.2) is 0 Å². The summed E-state index contributed by atoms with van der Waals surface area (Å²) in [6.45, 7) is 6.33. The van der Waals surface area contributed by atoms with Crippen LogP contribution in [0.25, 0.3) is 6.08 Å². The molecule has 0 saturated carbocycles. The predicted molar refractivity (Wildman–Crippen MR) is 74.1 cm³/mol. The number of hydrogen-bond acceptors (Lipinski definition) is 2. The van der Waals surface area contributed by atoms with E-state index in [2.05, 4.69) is 6.58 Å². The van der Waals surface area contributed by atoms with Crippen molar-refractivity contribution in [2.45, 2.75) is 6.92 Å². The number of carbonyl (C=O) groups excluding carboxylic acids is 1. The smallest absolute Gasteiger partial charge is 0.246 e. The molecule has 0 aliphatic heterocycles. The molecule has 0 aliphatic carbocycles. The molecule has 0 atom stereocenters. The van der Waals surface area contributed by atoms with Crippen LogP contribution in [-0.4, -0.2) is 35.6 Å². The van der Waals surface area contributed by atoms with Crippen molar-refractivity contribution < 1.29 is 9.90 Å². The minimum Gasteiger partial charge on any atom is -0.395 e. The van der Waals surface area contributed by atoms with Crippen molar-refractivity contribution >= 4 is 12.0 Å². The topological polar surface area (TPSA) is 40.5 Å². The van der Waals surface area contributed by atoms with Gasteiger partial charge in [-0.05, 0) is 18.6 Å². The Balaban J connectivity index is 2.66. The molecule has 3 heteroatoms. The van der Waals surface area contributed by atoms with Crippen molar-refractivity contribution in [3.63, 3.8) is 0 Å². The molecule has 0 spiro atoms. The van der Waals surface area contributed by atoms with E-state index in [9.17, 15) is 4.79 Å². The summed E-state index contributed by atoms with van der Waals surface area (Å²) in [5.41, 5.74) is 2.17. The Morgan fingerprint density at radius 3 is 2.61 bits per heavy atom. The van der Waals surface area contributed by atoms with Gasteiger partial charge in [0.15, 0.2) is 0 Å². The first-order valence-electron chi connectivity index (χ1n) is 5.92. The normalized spacial score (nSPS) is 10.6. The quantitative estimate of drug-likeness (QED) is 0.615. The summed E-state index contributed by atoms with van der Waals surface area (Å²) in [7, 11) is 0. The van der Waals surface area contributed by atoms with E-state index in [1.807, 2.05) is 31.2 Å². The highest BCUT2D eigenvalue weighted by Gasteiger charge is 2.07. The Morgan fingerprint density at radius 1 is 1.39 bits per heavy atom. The van der Waals surface area contributed by atoms with E-state index in [4.69, 9.17) is 5.11 Å². The van der Waals surface area contributed by atoms with Crippen LogP contribution in [0.4, 0.5) is 0 Å². The molecule has 3 nitrogen and oxygen atoms in total. The van der Waals surface area contributed by atoms with Crippen LogP contribution in [0.5, 0.6) is 0 Å². The lowest BCUT2D eigenvalue weighted by molar-refractivity contribution is -0.125. The highest BCUT2D eigenvalue weighted by atomic mass is 16.3. The molecule has 0 aliphatic rings. The first-order chi connectivity index (χ1) is 8.67. The fourth-order valence-corrected chi connectivity index (χ4v) is 1.52. The standard InChI is InChI=1S/C15H19NO2/c1-3-10-16(11-12-17)15(18)9-8-14-6-4-13(2)5-7-14/h3-9,17H,1,10-12H2,2H3/b9-8+. The number of hydrogen-bond donors (Lipinski definition) is 1. The van der Waals surface area contributed by atoms with Gasteiger partial charge in [0.05, 0.1) is 6.61 Å². The predicted octanol–water partition coefficient (Wildman–Crippen LogP) is 2.02. The Bertz CT molecular complexity index is 421. The van der Waals surface area contributed by atoms with Gasteiger partial charge in [-0.1, -0.05) is 35.9 Å². The van der Waals surface area contributed by atoms with E-state index in [-0.39, 0.29) is 12.5 Å². The number of aliphatic hydroxyl groups excluding tert-OH is 1. The lowest BCUT2D eigenvalue weighted by atomic mass is 10.1. The Kier molecular flexibility index (Phi) is 5.88. The number of amides is 1.